The summed E-state index contributed by atoms with van der Waals surface area (Å²) in [6.45, 7) is 3.44. The Kier molecular flexibility index (Phi) is 9.30. The molecule has 37 heavy (non-hydrogen) atoms. The summed E-state index contributed by atoms with van der Waals surface area (Å²) in [6.07, 6.45) is 0.366. The van der Waals surface area contributed by atoms with Gasteiger partial charge >= 0.3 is 0 Å². The van der Waals surface area contributed by atoms with Crippen LogP contribution in [0.3, 0.4) is 0 Å². The molecule has 0 saturated carbocycles. The van der Waals surface area contributed by atoms with Crippen LogP contribution in [0.5, 0.6) is 5.75 Å². The molecular formula is C28H33N3O5S. The molecular weight excluding hydrogens is 490 g/mol. The van der Waals surface area contributed by atoms with Gasteiger partial charge in [0.25, 0.3) is 10.0 Å². The van der Waals surface area contributed by atoms with Crippen LogP contribution in [-0.2, 0) is 26.2 Å². The number of aryl methyl sites for hydroxylation is 1. The topological polar surface area (TPSA) is 96.0 Å². The van der Waals surface area contributed by atoms with E-state index in [1.54, 1.807) is 42.5 Å². The van der Waals surface area contributed by atoms with Crippen LogP contribution >= 0.6 is 0 Å². The van der Waals surface area contributed by atoms with E-state index in [0.29, 0.717) is 17.9 Å². The highest BCUT2D eigenvalue weighted by Crippen LogP contribution is 2.26. The third kappa shape index (κ3) is 6.68. The summed E-state index contributed by atoms with van der Waals surface area (Å²) in [6, 6.07) is 21.3. The van der Waals surface area contributed by atoms with E-state index in [2.05, 4.69) is 5.32 Å². The van der Waals surface area contributed by atoms with Crippen LogP contribution in [0.25, 0.3) is 0 Å². The minimum absolute atomic E-state index is 0.0576. The van der Waals surface area contributed by atoms with Gasteiger partial charge in [-0.15, -0.1) is 0 Å². The van der Waals surface area contributed by atoms with E-state index in [-0.39, 0.29) is 17.3 Å². The van der Waals surface area contributed by atoms with E-state index in [0.717, 1.165) is 15.4 Å². The number of methoxy groups -OCH3 is 1. The minimum atomic E-state index is -4.10. The molecule has 3 aromatic carbocycles. The van der Waals surface area contributed by atoms with Crippen LogP contribution in [0.4, 0.5) is 5.69 Å². The molecule has 0 fully saturated rings. The Morgan fingerprint density at radius 3 is 2.22 bits per heavy atom. The Balaban J connectivity index is 2.05. The first kappa shape index (κ1) is 27.7. The number of sulfonamides is 1. The van der Waals surface area contributed by atoms with E-state index < -0.39 is 28.5 Å². The third-order valence-corrected chi connectivity index (χ3v) is 7.83. The summed E-state index contributed by atoms with van der Waals surface area (Å²) in [7, 11) is -1.06. The number of carbonyl (C=O) groups is 2. The average molecular weight is 524 g/mol. The Hall–Kier alpha value is -3.85. The molecule has 1 atom stereocenters. The fourth-order valence-electron chi connectivity index (χ4n) is 4.09. The van der Waals surface area contributed by atoms with Gasteiger partial charge in [-0.05, 0) is 55.3 Å². The lowest BCUT2D eigenvalue weighted by atomic mass is 10.1. The summed E-state index contributed by atoms with van der Waals surface area (Å²) in [5.74, 6) is -0.253. The second-order valence-electron chi connectivity index (χ2n) is 8.57. The van der Waals surface area contributed by atoms with Gasteiger partial charge in [0.2, 0.25) is 11.8 Å². The standard InChI is InChI=1S/C28H33N3O5S/c1-5-26(28(33)29-3)30(19-22-11-9-10-21(2)18-22)27(32)20-31(23-14-16-24(36-4)17-15-23)37(34,35)25-12-7-6-8-13-25/h6-18,26H,5,19-20H2,1-4H3,(H,29,33)/t26-/m0/s1. The zero-order valence-electron chi connectivity index (χ0n) is 21.5. The number of hydrogen-bond donors (Lipinski definition) is 1. The molecule has 0 spiro atoms. The van der Waals surface area contributed by atoms with E-state index >= 15 is 0 Å². The fourth-order valence-corrected chi connectivity index (χ4v) is 5.53. The predicted octanol–water partition coefficient (Wildman–Crippen LogP) is 3.75. The van der Waals surface area contributed by atoms with Crippen molar-refractivity contribution in [2.75, 3.05) is 25.0 Å². The number of hydrogen-bond acceptors (Lipinski definition) is 5. The van der Waals surface area contributed by atoms with Crippen molar-refractivity contribution in [3.63, 3.8) is 0 Å². The maximum Gasteiger partial charge on any atom is 0.264 e. The predicted molar refractivity (Wildman–Crippen MR) is 144 cm³/mol. The average Bonchev–Trinajstić information content (AvgIpc) is 2.91. The molecule has 0 saturated heterocycles. The maximum absolute atomic E-state index is 13.9. The molecule has 0 heterocycles. The van der Waals surface area contributed by atoms with E-state index in [1.807, 2.05) is 38.1 Å². The van der Waals surface area contributed by atoms with Gasteiger partial charge in [0.15, 0.2) is 0 Å². The van der Waals surface area contributed by atoms with Crippen molar-refractivity contribution < 1.29 is 22.7 Å². The highest BCUT2D eigenvalue weighted by Gasteiger charge is 2.33. The molecule has 0 radical (unpaired) electrons. The summed E-state index contributed by atoms with van der Waals surface area (Å²) in [5.41, 5.74) is 2.17. The summed E-state index contributed by atoms with van der Waals surface area (Å²) in [4.78, 5) is 28.1. The lowest BCUT2D eigenvalue weighted by molar-refractivity contribution is -0.140. The third-order valence-electron chi connectivity index (χ3n) is 6.04. The van der Waals surface area contributed by atoms with Gasteiger partial charge in [0.05, 0.1) is 17.7 Å². The van der Waals surface area contributed by atoms with E-state index in [1.165, 1.54) is 31.2 Å². The number of likely N-dealkylation sites (N-methyl/N-ethyl adjacent to an activating group) is 1. The van der Waals surface area contributed by atoms with Crippen LogP contribution in [0.2, 0.25) is 0 Å². The number of anilines is 1. The monoisotopic (exact) mass is 523 g/mol. The van der Waals surface area contributed by atoms with Gasteiger partial charge in [-0.3, -0.25) is 13.9 Å². The van der Waals surface area contributed by atoms with Gasteiger partial charge in [0, 0.05) is 13.6 Å². The number of benzene rings is 3. The van der Waals surface area contributed by atoms with Crippen molar-refractivity contribution in [1.82, 2.24) is 10.2 Å². The first-order valence-corrected chi connectivity index (χ1v) is 13.4. The van der Waals surface area contributed by atoms with Crippen molar-refractivity contribution in [2.45, 2.75) is 37.8 Å². The normalized spacial score (nSPS) is 11.9. The first-order valence-electron chi connectivity index (χ1n) is 12.0. The van der Waals surface area contributed by atoms with Crippen molar-refractivity contribution in [3.8, 4) is 5.75 Å². The Morgan fingerprint density at radius 2 is 1.65 bits per heavy atom. The van der Waals surface area contributed by atoms with E-state index in [9.17, 15) is 18.0 Å². The molecule has 196 valence electrons. The molecule has 0 aliphatic rings. The van der Waals surface area contributed by atoms with Crippen LogP contribution in [0, 0.1) is 6.92 Å². The van der Waals surface area contributed by atoms with Crippen LogP contribution < -0.4 is 14.4 Å². The molecule has 0 aliphatic carbocycles. The lowest BCUT2D eigenvalue weighted by Crippen LogP contribution is -2.51. The van der Waals surface area contributed by atoms with Gasteiger partial charge < -0.3 is 15.0 Å². The SMILES string of the molecule is CC[C@@H](C(=O)NC)N(Cc1cccc(C)c1)C(=O)CN(c1ccc(OC)cc1)S(=O)(=O)c1ccccc1. The highest BCUT2D eigenvalue weighted by molar-refractivity contribution is 7.92. The second-order valence-corrected chi connectivity index (χ2v) is 10.4. The van der Waals surface area contributed by atoms with Crippen LogP contribution in [0.1, 0.15) is 24.5 Å². The van der Waals surface area contributed by atoms with Gasteiger partial charge in [-0.2, -0.15) is 0 Å². The number of rotatable bonds is 11. The lowest BCUT2D eigenvalue weighted by Gasteiger charge is -2.33. The number of amides is 2. The van der Waals surface area contributed by atoms with Crippen molar-refractivity contribution in [1.29, 1.82) is 0 Å². The fraction of sp³-hybridized carbons (Fsp3) is 0.286. The van der Waals surface area contributed by atoms with Gasteiger partial charge in [-0.25, -0.2) is 8.42 Å². The smallest absolute Gasteiger partial charge is 0.264 e. The quantitative estimate of drug-likeness (QED) is 0.413. The molecule has 3 aromatic rings. The van der Waals surface area contributed by atoms with Crippen molar-refractivity contribution in [3.05, 3.63) is 90.0 Å². The Bertz CT molecular complexity index is 1310. The summed E-state index contributed by atoms with van der Waals surface area (Å²) >= 11 is 0. The molecule has 0 unspecified atom stereocenters. The Labute approximate surface area is 218 Å². The Morgan fingerprint density at radius 1 is 0.973 bits per heavy atom. The second kappa shape index (κ2) is 12.4. The molecule has 0 aliphatic heterocycles. The molecule has 1 N–H and O–H groups in total. The van der Waals surface area contributed by atoms with Crippen LogP contribution in [-0.4, -0.2) is 51.9 Å². The molecule has 8 nitrogen and oxygen atoms in total. The molecule has 2 amide bonds. The number of carbonyl (C=O) groups excluding carboxylic acids is 2. The van der Waals surface area contributed by atoms with Gasteiger partial charge in [-0.1, -0.05) is 55.0 Å². The maximum atomic E-state index is 13.9. The number of ether oxygens (including phenoxy) is 1. The van der Waals surface area contributed by atoms with Crippen molar-refractivity contribution in [2.24, 2.45) is 0 Å². The van der Waals surface area contributed by atoms with Gasteiger partial charge in [0.1, 0.15) is 18.3 Å². The first-order chi connectivity index (χ1) is 17.7. The summed E-state index contributed by atoms with van der Waals surface area (Å²) in [5, 5.41) is 2.62. The largest absolute Gasteiger partial charge is 0.497 e. The molecule has 3 rings (SSSR count). The van der Waals surface area contributed by atoms with Crippen molar-refractivity contribution >= 4 is 27.5 Å². The van der Waals surface area contributed by atoms with Crippen LogP contribution in [0.15, 0.2) is 83.8 Å². The molecule has 9 heteroatoms. The zero-order valence-corrected chi connectivity index (χ0v) is 22.4. The molecule has 0 bridgehead atoms. The number of nitrogens with zero attached hydrogens (tertiary/aromatic N) is 2. The van der Waals surface area contributed by atoms with E-state index in [4.69, 9.17) is 4.74 Å². The highest BCUT2D eigenvalue weighted by atomic mass is 32.2. The minimum Gasteiger partial charge on any atom is -0.497 e. The zero-order chi connectivity index (χ0) is 27.0. The summed E-state index contributed by atoms with van der Waals surface area (Å²) < 4.78 is 33.7. The molecule has 0 aromatic heterocycles. The number of nitrogens with one attached hydrogen (secondary N) is 1.